The van der Waals surface area contributed by atoms with Crippen molar-refractivity contribution in [1.82, 2.24) is 14.9 Å². The molecule has 102 valence electrons. The van der Waals surface area contributed by atoms with Gasteiger partial charge in [0.25, 0.3) is 0 Å². The van der Waals surface area contributed by atoms with E-state index in [1.165, 1.54) is 17.6 Å². The van der Waals surface area contributed by atoms with Gasteiger partial charge in [-0.3, -0.25) is 0 Å². The summed E-state index contributed by atoms with van der Waals surface area (Å²) in [4.78, 5) is 1.04. The molecule has 1 atom stereocenters. The molecule has 0 amide bonds. The van der Waals surface area contributed by atoms with Crippen LogP contribution in [0.5, 0.6) is 0 Å². The Bertz CT molecular complexity index is 519. The SMILES string of the molecule is CCCNC(Cc1ccc(Br)cc1F)c1cnns1. The largest absolute Gasteiger partial charge is 0.309 e. The van der Waals surface area contributed by atoms with Gasteiger partial charge in [-0.05, 0) is 48.6 Å². The summed E-state index contributed by atoms with van der Waals surface area (Å²) >= 11 is 4.62. The van der Waals surface area contributed by atoms with Crippen molar-refractivity contribution in [2.75, 3.05) is 6.54 Å². The summed E-state index contributed by atoms with van der Waals surface area (Å²) in [6, 6.07) is 5.24. The van der Waals surface area contributed by atoms with E-state index < -0.39 is 0 Å². The summed E-state index contributed by atoms with van der Waals surface area (Å²) < 4.78 is 18.5. The van der Waals surface area contributed by atoms with E-state index in [2.05, 4.69) is 37.8 Å². The number of nitrogens with zero attached hydrogens (tertiary/aromatic N) is 2. The molecular weight excluding hydrogens is 329 g/mol. The van der Waals surface area contributed by atoms with E-state index in [-0.39, 0.29) is 11.9 Å². The van der Waals surface area contributed by atoms with Crippen LogP contribution in [0.25, 0.3) is 0 Å². The fraction of sp³-hybridized carbons (Fsp3) is 0.385. The Hall–Kier alpha value is -0.850. The van der Waals surface area contributed by atoms with E-state index >= 15 is 0 Å². The van der Waals surface area contributed by atoms with Crippen LogP contribution < -0.4 is 5.32 Å². The molecule has 19 heavy (non-hydrogen) atoms. The van der Waals surface area contributed by atoms with Crippen molar-refractivity contribution >= 4 is 27.5 Å². The zero-order valence-corrected chi connectivity index (χ0v) is 13.0. The van der Waals surface area contributed by atoms with Gasteiger partial charge in [0.15, 0.2) is 0 Å². The summed E-state index contributed by atoms with van der Waals surface area (Å²) in [6.07, 6.45) is 3.38. The lowest BCUT2D eigenvalue weighted by Crippen LogP contribution is -2.23. The van der Waals surface area contributed by atoms with Crippen LogP contribution in [0.2, 0.25) is 0 Å². The number of nitrogens with one attached hydrogen (secondary N) is 1. The summed E-state index contributed by atoms with van der Waals surface area (Å²) in [5.41, 5.74) is 0.699. The van der Waals surface area contributed by atoms with Crippen LogP contribution in [-0.2, 0) is 6.42 Å². The lowest BCUT2D eigenvalue weighted by atomic mass is 10.0. The van der Waals surface area contributed by atoms with Gasteiger partial charge in [0, 0.05) is 10.5 Å². The van der Waals surface area contributed by atoms with Gasteiger partial charge in [-0.25, -0.2) is 4.39 Å². The molecule has 1 N–H and O–H groups in total. The summed E-state index contributed by atoms with van der Waals surface area (Å²) in [5, 5.41) is 7.27. The van der Waals surface area contributed by atoms with Crippen LogP contribution in [0.1, 0.15) is 29.8 Å². The first kappa shape index (κ1) is 14.6. The van der Waals surface area contributed by atoms with Gasteiger partial charge in [0.1, 0.15) is 5.82 Å². The molecule has 0 saturated carbocycles. The maximum absolute atomic E-state index is 13.9. The van der Waals surface area contributed by atoms with Crippen LogP contribution in [0, 0.1) is 5.82 Å². The Morgan fingerprint density at radius 3 is 2.95 bits per heavy atom. The second kappa shape index (κ2) is 7.07. The van der Waals surface area contributed by atoms with Crippen LogP contribution in [0.3, 0.4) is 0 Å². The topological polar surface area (TPSA) is 37.8 Å². The first-order valence-corrected chi connectivity index (χ1v) is 7.72. The normalized spacial score (nSPS) is 12.6. The quantitative estimate of drug-likeness (QED) is 0.868. The fourth-order valence-electron chi connectivity index (χ4n) is 1.83. The van der Waals surface area contributed by atoms with E-state index in [1.807, 2.05) is 12.1 Å². The minimum Gasteiger partial charge on any atom is -0.309 e. The van der Waals surface area contributed by atoms with Gasteiger partial charge < -0.3 is 5.32 Å². The van der Waals surface area contributed by atoms with Crippen LogP contribution in [-0.4, -0.2) is 16.1 Å². The summed E-state index contributed by atoms with van der Waals surface area (Å²) in [5.74, 6) is -0.185. The van der Waals surface area contributed by atoms with Gasteiger partial charge in [0.2, 0.25) is 0 Å². The molecule has 1 unspecified atom stereocenters. The third-order valence-electron chi connectivity index (χ3n) is 2.80. The first-order chi connectivity index (χ1) is 9.20. The highest BCUT2D eigenvalue weighted by Gasteiger charge is 2.16. The average Bonchev–Trinajstić information content (AvgIpc) is 2.90. The minimum absolute atomic E-state index is 0.0654. The van der Waals surface area contributed by atoms with Crippen molar-refractivity contribution in [2.45, 2.75) is 25.8 Å². The molecule has 0 fully saturated rings. The molecule has 2 rings (SSSR count). The zero-order chi connectivity index (χ0) is 13.7. The number of halogens is 2. The third kappa shape index (κ3) is 4.06. The van der Waals surface area contributed by atoms with Gasteiger partial charge in [-0.2, -0.15) is 0 Å². The molecule has 1 aromatic carbocycles. The Balaban J connectivity index is 2.15. The maximum atomic E-state index is 13.9. The molecule has 0 radical (unpaired) electrons. The van der Waals surface area contributed by atoms with E-state index in [4.69, 9.17) is 0 Å². The van der Waals surface area contributed by atoms with Crippen molar-refractivity contribution in [3.8, 4) is 0 Å². The van der Waals surface area contributed by atoms with Crippen LogP contribution in [0.15, 0.2) is 28.9 Å². The molecular formula is C13H15BrFN3S. The highest BCUT2D eigenvalue weighted by Crippen LogP contribution is 2.23. The predicted octanol–water partition coefficient (Wildman–Crippen LogP) is 3.72. The number of rotatable bonds is 6. The first-order valence-electron chi connectivity index (χ1n) is 6.15. The molecule has 0 spiro atoms. The summed E-state index contributed by atoms with van der Waals surface area (Å²) in [7, 11) is 0. The van der Waals surface area contributed by atoms with E-state index in [0.717, 1.165) is 22.3 Å². The number of hydrogen-bond donors (Lipinski definition) is 1. The molecule has 1 aromatic heterocycles. The van der Waals surface area contributed by atoms with Gasteiger partial charge in [-0.1, -0.05) is 33.4 Å². The van der Waals surface area contributed by atoms with Crippen molar-refractivity contribution in [3.63, 3.8) is 0 Å². The molecule has 0 aliphatic rings. The number of aromatic nitrogens is 2. The third-order valence-corrected chi connectivity index (χ3v) is 4.07. The molecule has 0 bridgehead atoms. The fourth-order valence-corrected chi connectivity index (χ4v) is 2.74. The van der Waals surface area contributed by atoms with Crippen molar-refractivity contribution in [2.24, 2.45) is 0 Å². The Morgan fingerprint density at radius 1 is 1.47 bits per heavy atom. The Kier molecular flexibility index (Phi) is 5.42. The van der Waals surface area contributed by atoms with Crippen LogP contribution >= 0.6 is 27.5 Å². The molecule has 3 nitrogen and oxygen atoms in total. The van der Waals surface area contributed by atoms with E-state index in [0.29, 0.717) is 12.0 Å². The van der Waals surface area contributed by atoms with E-state index in [9.17, 15) is 4.39 Å². The van der Waals surface area contributed by atoms with Crippen molar-refractivity contribution < 1.29 is 4.39 Å². The van der Waals surface area contributed by atoms with Crippen molar-refractivity contribution in [3.05, 3.63) is 45.1 Å². The molecule has 0 saturated heterocycles. The lowest BCUT2D eigenvalue weighted by Gasteiger charge is -2.16. The Labute approximate surface area is 124 Å². The average molecular weight is 344 g/mol. The molecule has 0 aliphatic heterocycles. The molecule has 1 heterocycles. The maximum Gasteiger partial charge on any atom is 0.127 e. The van der Waals surface area contributed by atoms with Gasteiger partial charge >= 0.3 is 0 Å². The van der Waals surface area contributed by atoms with E-state index in [1.54, 1.807) is 6.20 Å². The highest BCUT2D eigenvalue weighted by molar-refractivity contribution is 9.10. The van der Waals surface area contributed by atoms with Crippen molar-refractivity contribution in [1.29, 1.82) is 0 Å². The lowest BCUT2D eigenvalue weighted by molar-refractivity contribution is 0.518. The minimum atomic E-state index is -0.185. The summed E-state index contributed by atoms with van der Waals surface area (Å²) in [6.45, 7) is 3.00. The second-order valence-corrected chi connectivity index (χ2v) is 6.00. The number of hydrogen-bond acceptors (Lipinski definition) is 4. The van der Waals surface area contributed by atoms with Crippen LogP contribution in [0.4, 0.5) is 4.39 Å². The molecule has 0 aliphatic carbocycles. The molecule has 2 aromatic rings. The smallest absolute Gasteiger partial charge is 0.127 e. The Morgan fingerprint density at radius 2 is 2.32 bits per heavy atom. The highest BCUT2D eigenvalue weighted by atomic mass is 79.9. The second-order valence-electron chi connectivity index (χ2n) is 4.27. The zero-order valence-electron chi connectivity index (χ0n) is 10.6. The van der Waals surface area contributed by atoms with Gasteiger partial charge in [0.05, 0.1) is 11.1 Å². The monoisotopic (exact) mass is 343 g/mol. The standard InChI is InChI=1S/C13H15BrFN3S/c1-2-5-16-12(13-8-17-18-19-13)6-9-3-4-10(14)7-11(9)15/h3-4,7-8,12,16H,2,5-6H2,1H3. The molecule has 6 heteroatoms. The van der Waals surface area contributed by atoms with Gasteiger partial charge in [-0.15, -0.1) is 5.10 Å². The predicted molar refractivity (Wildman–Crippen MR) is 78.7 cm³/mol. The number of benzene rings is 1.